The normalized spacial score (nSPS) is 25.0. The number of halogens is 1. The molecular weight excluding hydrogens is 372 g/mol. The molecule has 2 aliphatic heterocycles. The van der Waals surface area contributed by atoms with Crippen LogP contribution in [0.3, 0.4) is 0 Å². The van der Waals surface area contributed by atoms with Crippen LogP contribution in [0.5, 0.6) is 0 Å². The predicted octanol–water partition coefficient (Wildman–Crippen LogP) is 2.76. The Balaban J connectivity index is 1.81. The lowest BCUT2D eigenvalue weighted by Crippen LogP contribution is -2.52. The molecule has 0 unspecified atom stereocenters. The number of carbonyl (C=O) groups excluding carboxylic acids is 2. The highest BCUT2D eigenvalue weighted by Gasteiger charge is 2.45. The number of nitrogens with one attached hydrogen (secondary N) is 1. The Bertz CT molecular complexity index is 681. The number of hydrogen-bond donors (Lipinski definition) is 1. The maximum atomic E-state index is 12.8. The van der Waals surface area contributed by atoms with Crippen molar-refractivity contribution in [1.82, 2.24) is 5.32 Å². The van der Waals surface area contributed by atoms with Crippen LogP contribution >= 0.6 is 15.9 Å². The van der Waals surface area contributed by atoms with Crippen molar-refractivity contribution in [2.45, 2.75) is 44.6 Å². The molecule has 6 heteroatoms. The smallest absolute Gasteiger partial charge is 0.240 e. The summed E-state index contributed by atoms with van der Waals surface area (Å²) in [6.07, 6.45) is 1.64. The SMILES string of the molecule is CC[C@]1(NC(=O)CN2C(=O)C(C)(C)c3cc(Br)ccc32)CCOC1. The Kier molecular flexibility index (Phi) is 4.47. The number of benzene rings is 1. The van der Waals surface area contributed by atoms with Crippen LogP contribution in [0, 0.1) is 0 Å². The monoisotopic (exact) mass is 394 g/mol. The van der Waals surface area contributed by atoms with Crippen LogP contribution in [0.15, 0.2) is 22.7 Å². The van der Waals surface area contributed by atoms with E-state index in [1.165, 1.54) is 0 Å². The minimum Gasteiger partial charge on any atom is -0.379 e. The summed E-state index contributed by atoms with van der Waals surface area (Å²) in [5, 5.41) is 3.09. The molecule has 0 radical (unpaired) electrons. The molecule has 1 aromatic carbocycles. The topological polar surface area (TPSA) is 58.6 Å². The zero-order valence-electron chi connectivity index (χ0n) is 14.3. The van der Waals surface area contributed by atoms with Crippen molar-refractivity contribution < 1.29 is 14.3 Å². The lowest BCUT2D eigenvalue weighted by Gasteiger charge is -2.29. The van der Waals surface area contributed by atoms with Gasteiger partial charge < -0.3 is 15.0 Å². The van der Waals surface area contributed by atoms with Crippen LogP contribution < -0.4 is 10.2 Å². The molecule has 3 rings (SSSR count). The maximum Gasteiger partial charge on any atom is 0.240 e. The lowest BCUT2D eigenvalue weighted by atomic mass is 9.86. The number of rotatable bonds is 4. The van der Waals surface area contributed by atoms with Crippen LogP contribution in [-0.4, -0.2) is 37.1 Å². The third kappa shape index (κ3) is 2.86. The first-order valence-electron chi connectivity index (χ1n) is 8.30. The summed E-state index contributed by atoms with van der Waals surface area (Å²) in [5.74, 6) is -0.179. The van der Waals surface area contributed by atoms with Crippen LogP contribution in [-0.2, 0) is 19.7 Å². The highest BCUT2D eigenvalue weighted by atomic mass is 79.9. The van der Waals surface area contributed by atoms with Gasteiger partial charge in [0.2, 0.25) is 11.8 Å². The molecule has 0 aromatic heterocycles. The number of anilines is 1. The van der Waals surface area contributed by atoms with Gasteiger partial charge in [-0.05, 0) is 50.5 Å². The van der Waals surface area contributed by atoms with Crippen molar-refractivity contribution in [1.29, 1.82) is 0 Å². The number of hydrogen-bond acceptors (Lipinski definition) is 3. The second-order valence-corrected chi connectivity index (χ2v) is 8.08. The maximum absolute atomic E-state index is 12.8. The zero-order valence-corrected chi connectivity index (χ0v) is 15.9. The number of nitrogens with zero attached hydrogens (tertiary/aromatic N) is 1. The molecule has 2 heterocycles. The summed E-state index contributed by atoms with van der Waals surface area (Å²) >= 11 is 3.46. The van der Waals surface area contributed by atoms with Crippen LogP contribution in [0.2, 0.25) is 0 Å². The van der Waals surface area contributed by atoms with Gasteiger partial charge in [0.15, 0.2) is 0 Å². The van der Waals surface area contributed by atoms with Crippen molar-refractivity contribution in [3.8, 4) is 0 Å². The number of amides is 2. The molecule has 1 N–H and O–H groups in total. The summed E-state index contributed by atoms with van der Waals surface area (Å²) in [4.78, 5) is 27.0. The summed E-state index contributed by atoms with van der Waals surface area (Å²) < 4.78 is 6.38. The van der Waals surface area contributed by atoms with Gasteiger partial charge in [-0.2, -0.15) is 0 Å². The molecule has 0 aliphatic carbocycles. The molecule has 2 amide bonds. The Labute approximate surface area is 150 Å². The lowest BCUT2D eigenvalue weighted by molar-refractivity contribution is -0.126. The molecule has 1 aromatic rings. The second-order valence-electron chi connectivity index (χ2n) is 7.16. The molecule has 24 heavy (non-hydrogen) atoms. The summed E-state index contributed by atoms with van der Waals surface area (Å²) in [6, 6.07) is 5.76. The van der Waals surface area contributed by atoms with Gasteiger partial charge in [-0.3, -0.25) is 9.59 Å². The molecule has 0 spiro atoms. The standard InChI is InChI=1S/C18H23BrN2O3/c1-4-18(7-8-24-11-18)20-15(22)10-21-14-6-5-12(19)9-13(14)17(2,3)16(21)23/h5-6,9H,4,7-8,10-11H2,1-3H3,(H,20,22)/t18-/m0/s1. The van der Waals surface area contributed by atoms with Crippen molar-refractivity contribution >= 4 is 33.4 Å². The molecule has 1 fully saturated rings. The highest BCUT2D eigenvalue weighted by molar-refractivity contribution is 9.10. The molecule has 5 nitrogen and oxygen atoms in total. The molecule has 0 bridgehead atoms. The fourth-order valence-corrected chi connectivity index (χ4v) is 3.88. The minimum absolute atomic E-state index is 0.0403. The Morgan fingerprint density at radius 2 is 2.17 bits per heavy atom. The molecule has 2 aliphatic rings. The summed E-state index contributed by atoms with van der Waals surface area (Å²) in [7, 11) is 0. The quantitative estimate of drug-likeness (QED) is 0.853. The fraction of sp³-hybridized carbons (Fsp3) is 0.556. The van der Waals surface area contributed by atoms with Crippen LogP contribution in [0.1, 0.15) is 39.2 Å². The second kappa shape index (κ2) is 6.15. The highest BCUT2D eigenvalue weighted by Crippen LogP contribution is 2.42. The van der Waals surface area contributed by atoms with E-state index in [1.54, 1.807) is 4.90 Å². The van der Waals surface area contributed by atoms with Gasteiger partial charge in [0.05, 0.1) is 17.6 Å². The van der Waals surface area contributed by atoms with Crippen molar-refractivity contribution in [3.63, 3.8) is 0 Å². The van der Waals surface area contributed by atoms with E-state index in [0.717, 1.165) is 28.6 Å². The van der Waals surface area contributed by atoms with Gasteiger partial charge in [-0.15, -0.1) is 0 Å². The average Bonchev–Trinajstić information content (AvgIpc) is 3.06. The fourth-order valence-electron chi connectivity index (χ4n) is 3.52. The van der Waals surface area contributed by atoms with Gasteiger partial charge in [0.25, 0.3) is 0 Å². The minimum atomic E-state index is -0.627. The Morgan fingerprint density at radius 1 is 1.42 bits per heavy atom. The zero-order chi connectivity index (χ0) is 17.5. The van der Waals surface area contributed by atoms with E-state index in [9.17, 15) is 9.59 Å². The number of carbonyl (C=O) groups is 2. The number of ether oxygens (including phenoxy) is 1. The molecular formula is C18H23BrN2O3. The van der Waals surface area contributed by atoms with Gasteiger partial charge in [0.1, 0.15) is 6.54 Å². The van der Waals surface area contributed by atoms with Gasteiger partial charge in [-0.1, -0.05) is 22.9 Å². The van der Waals surface area contributed by atoms with Crippen LogP contribution in [0.4, 0.5) is 5.69 Å². The van der Waals surface area contributed by atoms with E-state index in [0.29, 0.717) is 13.2 Å². The van der Waals surface area contributed by atoms with Crippen LogP contribution in [0.25, 0.3) is 0 Å². The third-order valence-electron chi connectivity index (χ3n) is 5.19. The molecule has 1 saturated heterocycles. The first kappa shape index (κ1) is 17.4. The van der Waals surface area contributed by atoms with E-state index in [4.69, 9.17) is 4.74 Å². The predicted molar refractivity (Wildman–Crippen MR) is 96.1 cm³/mol. The van der Waals surface area contributed by atoms with E-state index >= 15 is 0 Å². The first-order valence-corrected chi connectivity index (χ1v) is 9.09. The molecule has 1 atom stereocenters. The first-order chi connectivity index (χ1) is 11.3. The van der Waals surface area contributed by atoms with Crippen molar-refractivity contribution in [3.05, 3.63) is 28.2 Å². The summed E-state index contributed by atoms with van der Waals surface area (Å²) in [6.45, 7) is 7.09. The van der Waals surface area contributed by atoms with Crippen molar-refractivity contribution in [2.75, 3.05) is 24.7 Å². The largest absolute Gasteiger partial charge is 0.379 e. The average molecular weight is 395 g/mol. The summed E-state index contributed by atoms with van der Waals surface area (Å²) in [5.41, 5.74) is 0.844. The molecule has 130 valence electrons. The molecule has 0 saturated carbocycles. The Hall–Kier alpha value is -1.40. The van der Waals surface area contributed by atoms with Gasteiger partial charge in [0, 0.05) is 16.8 Å². The van der Waals surface area contributed by atoms with Gasteiger partial charge in [-0.25, -0.2) is 0 Å². The van der Waals surface area contributed by atoms with E-state index < -0.39 is 5.41 Å². The van der Waals surface area contributed by atoms with E-state index in [-0.39, 0.29) is 23.9 Å². The number of fused-ring (bicyclic) bond motifs is 1. The van der Waals surface area contributed by atoms with E-state index in [2.05, 4.69) is 21.2 Å². The van der Waals surface area contributed by atoms with Gasteiger partial charge >= 0.3 is 0 Å². The van der Waals surface area contributed by atoms with E-state index in [1.807, 2.05) is 39.0 Å². The Morgan fingerprint density at radius 3 is 2.79 bits per heavy atom. The van der Waals surface area contributed by atoms with Crippen molar-refractivity contribution in [2.24, 2.45) is 0 Å². The third-order valence-corrected chi connectivity index (χ3v) is 5.68.